The van der Waals surface area contributed by atoms with Gasteiger partial charge >= 0.3 is 5.97 Å². The molecule has 4 aromatic rings. The summed E-state index contributed by atoms with van der Waals surface area (Å²) >= 11 is 0. The molecule has 0 saturated heterocycles. The fourth-order valence-corrected chi connectivity index (χ4v) is 3.78. The quantitative estimate of drug-likeness (QED) is 0.324. The number of rotatable bonds is 7. The Bertz CT molecular complexity index is 1380. The summed E-state index contributed by atoms with van der Waals surface area (Å²) < 4.78 is 16.1. The maximum absolute atomic E-state index is 13.4. The minimum Gasteiger partial charge on any atom is -0.454 e. The van der Waals surface area contributed by atoms with Gasteiger partial charge in [0.25, 0.3) is 5.91 Å². The van der Waals surface area contributed by atoms with Crippen LogP contribution in [-0.4, -0.2) is 36.0 Å². The molecule has 0 fully saturated rings. The van der Waals surface area contributed by atoms with Crippen molar-refractivity contribution in [1.82, 2.24) is 10.3 Å². The Labute approximate surface area is 194 Å². The van der Waals surface area contributed by atoms with Gasteiger partial charge < -0.3 is 24.5 Å². The first kappa shape index (κ1) is 21.3. The fraction of sp³-hybridized carbons (Fsp3) is 0.115. The van der Waals surface area contributed by atoms with Gasteiger partial charge in [0.05, 0.1) is 0 Å². The second-order valence-corrected chi connectivity index (χ2v) is 7.64. The maximum atomic E-state index is 13.4. The molecule has 0 aliphatic carbocycles. The van der Waals surface area contributed by atoms with Crippen molar-refractivity contribution >= 4 is 28.6 Å². The lowest BCUT2D eigenvalue weighted by Crippen LogP contribution is -2.32. The summed E-state index contributed by atoms with van der Waals surface area (Å²) in [4.78, 5) is 41.6. The molecule has 5 rings (SSSR count). The average molecular weight is 456 g/mol. The SMILES string of the molecule is O=C(CNC(=O)c1ccc2c(c1)OCO2)O[C@@H](C(=O)c1c[nH]c2ccccc12)c1ccccc1. The summed E-state index contributed by atoms with van der Waals surface area (Å²) in [5.74, 6) is -0.564. The minimum atomic E-state index is -1.16. The van der Waals surface area contributed by atoms with Crippen LogP contribution >= 0.6 is 0 Å². The number of H-pyrrole nitrogens is 1. The second-order valence-electron chi connectivity index (χ2n) is 7.64. The molecule has 1 aliphatic rings. The third-order valence-corrected chi connectivity index (χ3v) is 5.47. The van der Waals surface area contributed by atoms with Crippen LogP contribution in [-0.2, 0) is 9.53 Å². The van der Waals surface area contributed by atoms with Crippen molar-refractivity contribution in [2.45, 2.75) is 6.10 Å². The number of hydrogen-bond donors (Lipinski definition) is 2. The molecule has 8 nitrogen and oxygen atoms in total. The lowest BCUT2D eigenvalue weighted by atomic mass is 9.99. The van der Waals surface area contributed by atoms with E-state index in [2.05, 4.69) is 10.3 Å². The first-order valence-corrected chi connectivity index (χ1v) is 10.6. The Kier molecular flexibility index (Phi) is 5.70. The second kappa shape index (κ2) is 9.11. The number of carbonyl (C=O) groups excluding carboxylic acids is 3. The molecule has 0 spiro atoms. The molecule has 3 aromatic carbocycles. The van der Waals surface area contributed by atoms with E-state index >= 15 is 0 Å². The topological polar surface area (TPSA) is 107 Å². The van der Waals surface area contributed by atoms with Crippen molar-refractivity contribution < 1.29 is 28.6 Å². The van der Waals surface area contributed by atoms with E-state index in [1.807, 2.05) is 30.3 Å². The van der Waals surface area contributed by atoms with E-state index in [9.17, 15) is 14.4 Å². The number of ether oxygens (including phenoxy) is 3. The summed E-state index contributed by atoms with van der Waals surface area (Å²) in [5.41, 5.74) is 2.07. The van der Waals surface area contributed by atoms with Gasteiger partial charge in [-0.3, -0.25) is 14.4 Å². The number of nitrogens with one attached hydrogen (secondary N) is 2. The molecular weight excluding hydrogens is 436 g/mol. The number of ketones is 1. The van der Waals surface area contributed by atoms with Gasteiger partial charge in [0.2, 0.25) is 12.6 Å². The highest BCUT2D eigenvalue weighted by atomic mass is 16.7. The Morgan fingerprint density at radius 1 is 0.941 bits per heavy atom. The Morgan fingerprint density at radius 3 is 2.56 bits per heavy atom. The maximum Gasteiger partial charge on any atom is 0.326 e. The number of benzene rings is 3. The van der Waals surface area contributed by atoms with Crippen LogP contribution in [0.15, 0.2) is 79.0 Å². The smallest absolute Gasteiger partial charge is 0.326 e. The molecule has 1 atom stereocenters. The van der Waals surface area contributed by atoms with Gasteiger partial charge in [-0.15, -0.1) is 0 Å². The van der Waals surface area contributed by atoms with Gasteiger partial charge in [-0.05, 0) is 24.3 Å². The van der Waals surface area contributed by atoms with Gasteiger partial charge in [0.1, 0.15) is 6.54 Å². The lowest BCUT2D eigenvalue weighted by molar-refractivity contribution is -0.146. The molecule has 1 aromatic heterocycles. The summed E-state index contributed by atoms with van der Waals surface area (Å²) in [6.45, 7) is -0.310. The molecule has 2 N–H and O–H groups in total. The van der Waals surface area contributed by atoms with Gasteiger partial charge in [-0.25, -0.2) is 0 Å². The van der Waals surface area contributed by atoms with Crippen LogP contribution in [0.3, 0.4) is 0 Å². The molecule has 170 valence electrons. The van der Waals surface area contributed by atoms with Crippen LogP contribution in [0.4, 0.5) is 0 Å². The van der Waals surface area contributed by atoms with E-state index in [0.717, 1.165) is 10.9 Å². The van der Waals surface area contributed by atoms with Crippen molar-refractivity contribution in [2.75, 3.05) is 13.3 Å². The van der Waals surface area contributed by atoms with Crippen LogP contribution in [0.25, 0.3) is 10.9 Å². The van der Waals surface area contributed by atoms with E-state index in [1.165, 1.54) is 6.07 Å². The van der Waals surface area contributed by atoms with E-state index in [0.29, 0.717) is 28.2 Å². The van der Waals surface area contributed by atoms with E-state index in [1.54, 1.807) is 42.6 Å². The van der Waals surface area contributed by atoms with Crippen LogP contribution in [0.1, 0.15) is 32.4 Å². The Balaban J connectivity index is 1.31. The Hall–Kier alpha value is -4.59. The zero-order valence-electron chi connectivity index (χ0n) is 17.9. The molecule has 0 radical (unpaired) electrons. The molecule has 34 heavy (non-hydrogen) atoms. The minimum absolute atomic E-state index is 0.0953. The normalized spacial score (nSPS) is 12.8. The van der Waals surface area contributed by atoms with Crippen LogP contribution in [0, 0.1) is 0 Å². The van der Waals surface area contributed by atoms with Crippen molar-refractivity contribution in [3.8, 4) is 11.5 Å². The van der Waals surface area contributed by atoms with Crippen LogP contribution in [0.2, 0.25) is 0 Å². The molecular formula is C26H20N2O6. The number of esters is 1. The first-order valence-electron chi connectivity index (χ1n) is 10.6. The third kappa shape index (κ3) is 4.21. The zero-order chi connectivity index (χ0) is 23.5. The summed E-state index contributed by atoms with van der Waals surface area (Å²) in [5, 5.41) is 3.26. The van der Waals surface area contributed by atoms with Crippen molar-refractivity contribution in [3.05, 3.63) is 95.7 Å². The van der Waals surface area contributed by atoms with Crippen LogP contribution in [0.5, 0.6) is 11.5 Å². The molecule has 1 amide bonds. The molecule has 8 heteroatoms. The average Bonchev–Trinajstić information content (AvgIpc) is 3.52. The van der Waals surface area contributed by atoms with E-state index in [4.69, 9.17) is 14.2 Å². The number of aromatic nitrogens is 1. The number of Topliss-reactive ketones (excluding diaryl/α,β-unsaturated/α-hetero) is 1. The monoisotopic (exact) mass is 456 g/mol. The number of fused-ring (bicyclic) bond motifs is 2. The van der Waals surface area contributed by atoms with E-state index in [-0.39, 0.29) is 12.6 Å². The summed E-state index contributed by atoms with van der Waals surface area (Å²) in [6.07, 6.45) is 0.452. The van der Waals surface area contributed by atoms with E-state index < -0.39 is 24.5 Å². The third-order valence-electron chi connectivity index (χ3n) is 5.47. The number of hydrogen-bond acceptors (Lipinski definition) is 6. The number of aromatic amines is 1. The highest BCUT2D eigenvalue weighted by Crippen LogP contribution is 2.32. The zero-order valence-corrected chi connectivity index (χ0v) is 17.9. The van der Waals surface area contributed by atoms with Crippen molar-refractivity contribution in [1.29, 1.82) is 0 Å². The largest absolute Gasteiger partial charge is 0.454 e. The number of amides is 1. The highest BCUT2D eigenvalue weighted by molar-refractivity contribution is 6.10. The molecule has 0 unspecified atom stereocenters. The van der Waals surface area contributed by atoms with Crippen LogP contribution < -0.4 is 14.8 Å². The van der Waals surface area contributed by atoms with Crippen molar-refractivity contribution in [2.24, 2.45) is 0 Å². The molecule has 0 bridgehead atoms. The van der Waals surface area contributed by atoms with Gasteiger partial charge in [-0.1, -0.05) is 48.5 Å². The predicted octanol–water partition coefficient (Wildman–Crippen LogP) is 3.79. The van der Waals surface area contributed by atoms with Gasteiger partial charge in [0, 0.05) is 33.8 Å². The number of carbonyl (C=O) groups is 3. The van der Waals surface area contributed by atoms with Gasteiger partial charge in [-0.2, -0.15) is 0 Å². The van der Waals surface area contributed by atoms with Gasteiger partial charge in [0.15, 0.2) is 17.6 Å². The predicted molar refractivity (Wildman–Crippen MR) is 123 cm³/mol. The first-order chi connectivity index (χ1) is 16.6. The molecule has 0 saturated carbocycles. The standard InChI is InChI=1S/C26H20N2O6/c29-23(14-28-26(31)17-10-11-21-22(12-17)33-15-32-21)34-25(16-6-2-1-3-7-16)24(30)19-13-27-20-9-5-4-8-18(19)20/h1-13,25,27H,14-15H2,(H,28,31)/t25-/m1/s1. The lowest BCUT2D eigenvalue weighted by Gasteiger charge is -2.17. The number of para-hydroxylation sites is 1. The fourth-order valence-electron chi connectivity index (χ4n) is 3.78. The summed E-state index contributed by atoms with van der Waals surface area (Å²) in [7, 11) is 0. The van der Waals surface area contributed by atoms with Crippen molar-refractivity contribution in [3.63, 3.8) is 0 Å². The highest BCUT2D eigenvalue weighted by Gasteiger charge is 2.28. The molecule has 2 heterocycles. The molecule has 1 aliphatic heterocycles. The summed E-state index contributed by atoms with van der Waals surface area (Å²) in [6, 6.07) is 20.9. The Morgan fingerprint density at radius 2 is 1.71 bits per heavy atom.